The van der Waals surface area contributed by atoms with Gasteiger partial charge in [0, 0.05) is 25.5 Å². The molecule has 3 atom stereocenters. The molecule has 2 rings (SSSR count). The number of aryl methyl sites for hydroxylation is 1. The smallest absolute Gasteiger partial charge is 0.128 e. The molecule has 0 aromatic carbocycles. The Morgan fingerprint density at radius 3 is 3.00 bits per heavy atom. The summed E-state index contributed by atoms with van der Waals surface area (Å²) < 4.78 is 8.17. The van der Waals surface area contributed by atoms with Crippen molar-refractivity contribution in [3.63, 3.8) is 0 Å². The molecule has 0 bridgehead atoms. The molecule has 1 aromatic rings. The molecule has 1 saturated heterocycles. The van der Waals surface area contributed by atoms with Crippen molar-refractivity contribution < 1.29 is 4.74 Å². The molecule has 0 aliphatic carbocycles. The number of ether oxygens (including phenoxy) is 1. The standard InChI is InChI=1S/C14H25N3O/c1-4-8-17-9-7-16-14(17)12(15-5-2)13-11(3)6-10-18-13/h7,9,11-13,15H,4-6,8,10H2,1-3H3. The number of likely N-dealkylation sites (N-methyl/N-ethyl adjacent to an activating group) is 1. The Bertz CT molecular complexity index is 364. The van der Waals surface area contributed by atoms with Crippen molar-refractivity contribution in [2.45, 2.75) is 52.3 Å². The normalized spacial score (nSPS) is 25.5. The molecule has 1 N–H and O–H groups in total. The Hall–Kier alpha value is -0.870. The molecular formula is C14H25N3O. The molecule has 1 aliphatic rings. The zero-order chi connectivity index (χ0) is 13.0. The molecule has 0 radical (unpaired) electrons. The highest BCUT2D eigenvalue weighted by atomic mass is 16.5. The highest BCUT2D eigenvalue weighted by Gasteiger charge is 2.34. The maximum atomic E-state index is 5.92. The van der Waals surface area contributed by atoms with E-state index in [0.717, 1.165) is 38.4 Å². The highest BCUT2D eigenvalue weighted by Crippen LogP contribution is 2.30. The maximum Gasteiger partial charge on any atom is 0.128 e. The Morgan fingerprint density at radius 1 is 1.56 bits per heavy atom. The lowest BCUT2D eigenvalue weighted by Gasteiger charge is -2.27. The Labute approximate surface area is 110 Å². The van der Waals surface area contributed by atoms with Gasteiger partial charge in [-0.25, -0.2) is 4.98 Å². The molecule has 2 heterocycles. The average molecular weight is 251 g/mol. The van der Waals surface area contributed by atoms with Gasteiger partial charge in [-0.15, -0.1) is 0 Å². The quantitative estimate of drug-likeness (QED) is 0.843. The van der Waals surface area contributed by atoms with Crippen LogP contribution in [0.2, 0.25) is 0 Å². The van der Waals surface area contributed by atoms with E-state index in [-0.39, 0.29) is 12.1 Å². The second-order valence-electron chi connectivity index (χ2n) is 5.12. The van der Waals surface area contributed by atoms with Crippen LogP contribution in [-0.2, 0) is 11.3 Å². The summed E-state index contributed by atoms with van der Waals surface area (Å²) in [5, 5.41) is 3.55. The molecule has 1 aliphatic heterocycles. The first-order valence-electron chi connectivity index (χ1n) is 7.13. The predicted octanol–water partition coefficient (Wildman–Crippen LogP) is 2.37. The van der Waals surface area contributed by atoms with Crippen LogP contribution in [-0.4, -0.2) is 28.8 Å². The molecule has 0 amide bonds. The second kappa shape index (κ2) is 6.34. The maximum absolute atomic E-state index is 5.92. The molecule has 18 heavy (non-hydrogen) atoms. The summed E-state index contributed by atoms with van der Waals surface area (Å²) in [6.45, 7) is 9.45. The number of aromatic nitrogens is 2. The van der Waals surface area contributed by atoms with E-state index in [1.54, 1.807) is 0 Å². The van der Waals surface area contributed by atoms with Crippen molar-refractivity contribution >= 4 is 0 Å². The van der Waals surface area contributed by atoms with Crippen LogP contribution < -0.4 is 5.32 Å². The molecule has 102 valence electrons. The van der Waals surface area contributed by atoms with Crippen molar-refractivity contribution in [2.24, 2.45) is 5.92 Å². The van der Waals surface area contributed by atoms with Gasteiger partial charge in [-0.1, -0.05) is 20.8 Å². The summed E-state index contributed by atoms with van der Waals surface area (Å²) in [4.78, 5) is 4.55. The van der Waals surface area contributed by atoms with Gasteiger partial charge in [0.25, 0.3) is 0 Å². The van der Waals surface area contributed by atoms with Gasteiger partial charge in [-0.05, 0) is 25.3 Å². The van der Waals surface area contributed by atoms with E-state index in [9.17, 15) is 0 Å². The summed E-state index contributed by atoms with van der Waals surface area (Å²) in [5.74, 6) is 1.72. The van der Waals surface area contributed by atoms with Crippen LogP contribution in [0.1, 0.15) is 45.5 Å². The molecule has 3 unspecified atom stereocenters. The first-order chi connectivity index (χ1) is 8.77. The predicted molar refractivity (Wildman–Crippen MR) is 72.5 cm³/mol. The molecule has 1 fully saturated rings. The zero-order valence-corrected chi connectivity index (χ0v) is 11.7. The van der Waals surface area contributed by atoms with Crippen LogP contribution in [0.5, 0.6) is 0 Å². The number of nitrogens with one attached hydrogen (secondary N) is 1. The van der Waals surface area contributed by atoms with Crippen LogP contribution >= 0.6 is 0 Å². The number of rotatable bonds is 6. The van der Waals surface area contributed by atoms with Crippen molar-refractivity contribution in [3.8, 4) is 0 Å². The number of imidazole rings is 1. The molecule has 4 heteroatoms. The SMILES string of the molecule is CCCn1ccnc1C(NCC)C1OCCC1C. The third-order valence-corrected chi connectivity index (χ3v) is 3.69. The first-order valence-corrected chi connectivity index (χ1v) is 7.13. The minimum atomic E-state index is 0.217. The highest BCUT2D eigenvalue weighted by molar-refractivity contribution is 5.04. The van der Waals surface area contributed by atoms with E-state index >= 15 is 0 Å². The van der Waals surface area contributed by atoms with Gasteiger partial charge >= 0.3 is 0 Å². The topological polar surface area (TPSA) is 39.1 Å². The van der Waals surface area contributed by atoms with Gasteiger partial charge in [0.15, 0.2) is 0 Å². The average Bonchev–Trinajstić information content (AvgIpc) is 2.96. The monoisotopic (exact) mass is 251 g/mol. The lowest BCUT2D eigenvalue weighted by atomic mass is 9.97. The van der Waals surface area contributed by atoms with E-state index in [4.69, 9.17) is 4.74 Å². The third kappa shape index (κ3) is 2.75. The number of hydrogen-bond donors (Lipinski definition) is 1. The van der Waals surface area contributed by atoms with E-state index in [0.29, 0.717) is 5.92 Å². The second-order valence-corrected chi connectivity index (χ2v) is 5.12. The summed E-state index contributed by atoms with van der Waals surface area (Å²) in [6.07, 6.45) is 6.50. The Kier molecular flexibility index (Phi) is 4.78. The molecular weight excluding hydrogens is 226 g/mol. The summed E-state index contributed by atoms with van der Waals surface area (Å²) >= 11 is 0. The van der Waals surface area contributed by atoms with E-state index in [2.05, 4.69) is 41.8 Å². The molecule has 1 aromatic heterocycles. The van der Waals surface area contributed by atoms with Gasteiger partial charge < -0.3 is 14.6 Å². The third-order valence-electron chi connectivity index (χ3n) is 3.69. The first kappa shape index (κ1) is 13.6. The van der Waals surface area contributed by atoms with Crippen LogP contribution in [0, 0.1) is 5.92 Å². The fraction of sp³-hybridized carbons (Fsp3) is 0.786. The summed E-state index contributed by atoms with van der Waals surface area (Å²) in [6, 6.07) is 0.217. The molecule has 4 nitrogen and oxygen atoms in total. The van der Waals surface area contributed by atoms with Crippen molar-refractivity contribution in [1.29, 1.82) is 0 Å². The van der Waals surface area contributed by atoms with Crippen molar-refractivity contribution in [3.05, 3.63) is 18.2 Å². The lowest BCUT2D eigenvalue weighted by molar-refractivity contribution is 0.0574. The van der Waals surface area contributed by atoms with Crippen LogP contribution in [0.25, 0.3) is 0 Å². The zero-order valence-electron chi connectivity index (χ0n) is 11.7. The fourth-order valence-electron chi connectivity index (χ4n) is 2.75. The lowest BCUT2D eigenvalue weighted by Crippen LogP contribution is -2.36. The van der Waals surface area contributed by atoms with Gasteiger partial charge in [-0.3, -0.25) is 0 Å². The number of nitrogens with zero attached hydrogens (tertiary/aromatic N) is 2. The number of hydrogen-bond acceptors (Lipinski definition) is 3. The van der Waals surface area contributed by atoms with E-state index < -0.39 is 0 Å². The largest absolute Gasteiger partial charge is 0.376 e. The summed E-state index contributed by atoms with van der Waals surface area (Å²) in [5.41, 5.74) is 0. The molecule has 0 saturated carbocycles. The molecule has 0 spiro atoms. The van der Waals surface area contributed by atoms with E-state index in [1.165, 1.54) is 0 Å². The van der Waals surface area contributed by atoms with Crippen LogP contribution in [0.15, 0.2) is 12.4 Å². The minimum absolute atomic E-state index is 0.217. The fourth-order valence-corrected chi connectivity index (χ4v) is 2.75. The summed E-state index contributed by atoms with van der Waals surface area (Å²) in [7, 11) is 0. The van der Waals surface area contributed by atoms with Gasteiger partial charge in [0.2, 0.25) is 0 Å². The van der Waals surface area contributed by atoms with Gasteiger partial charge in [0.05, 0.1) is 12.1 Å². The van der Waals surface area contributed by atoms with Gasteiger partial charge in [0.1, 0.15) is 5.82 Å². The van der Waals surface area contributed by atoms with Crippen LogP contribution in [0.4, 0.5) is 0 Å². The van der Waals surface area contributed by atoms with Crippen molar-refractivity contribution in [1.82, 2.24) is 14.9 Å². The van der Waals surface area contributed by atoms with Gasteiger partial charge in [-0.2, -0.15) is 0 Å². The van der Waals surface area contributed by atoms with Crippen molar-refractivity contribution in [2.75, 3.05) is 13.2 Å². The Morgan fingerprint density at radius 2 is 2.39 bits per heavy atom. The van der Waals surface area contributed by atoms with E-state index in [1.807, 2.05) is 6.20 Å². The minimum Gasteiger partial charge on any atom is -0.376 e. The Balaban J connectivity index is 2.20. The van der Waals surface area contributed by atoms with Crippen LogP contribution in [0.3, 0.4) is 0 Å².